The molecule has 4 N–H and O–H groups in total. The SMILES string of the molecule is Cc1cc(S(=O)(=O)NC2CC(N3CCN(CC4CN(c5ccc(C6CCC(=O)NC6=O)c(Cl)c5)C4)CC3)C2)ccc1Nc1ncc(C(F)(F)F)c(N2CCC[C@](C)(O)C2)n1. The molecular formula is C41H51ClF3N9O5S. The smallest absolute Gasteiger partial charge is 0.388 e. The Labute approximate surface area is 352 Å². The van der Waals surface area contributed by atoms with E-state index in [2.05, 4.69) is 40.0 Å². The summed E-state index contributed by atoms with van der Waals surface area (Å²) in [7, 11) is -3.83. The van der Waals surface area contributed by atoms with Crippen LogP contribution in [0.15, 0.2) is 47.5 Å². The van der Waals surface area contributed by atoms with Crippen LogP contribution >= 0.6 is 11.6 Å². The lowest BCUT2D eigenvalue weighted by atomic mass is 9.86. The molecule has 2 atom stereocenters. The predicted molar refractivity (Wildman–Crippen MR) is 221 cm³/mol. The van der Waals surface area contributed by atoms with Crippen molar-refractivity contribution >= 4 is 56.6 Å². The Morgan fingerprint density at radius 2 is 1.78 bits per heavy atom. The number of nitrogens with one attached hydrogen (secondary N) is 3. The second kappa shape index (κ2) is 16.7. The number of hydrogen-bond donors (Lipinski definition) is 4. The van der Waals surface area contributed by atoms with E-state index in [4.69, 9.17) is 11.6 Å². The van der Waals surface area contributed by atoms with Crippen LogP contribution in [-0.4, -0.2) is 122 Å². The Balaban J connectivity index is 0.780. The average molecular weight is 874 g/mol. The number of piperazine rings is 1. The second-order valence-corrected chi connectivity index (χ2v) is 19.4. The Morgan fingerprint density at radius 3 is 2.45 bits per heavy atom. The number of imide groups is 1. The van der Waals surface area contributed by atoms with Gasteiger partial charge >= 0.3 is 6.18 Å². The summed E-state index contributed by atoms with van der Waals surface area (Å²) in [4.78, 5) is 40.8. The molecule has 5 fully saturated rings. The summed E-state index contributed by atoms with van der Waals surface area (Å²) in [5, 5.41) is 16.4. The van der Waals surface area contributed by atoms with Crippen LogP contribution < -0.4 is 25.2 Å². The third-order valence-corrected chi connectivity index (χ3v) is 14.4. The molecule has 1 aromatic heterocycles. The standard InChI is InChI=1S/C41H51ClF3N9O5S/c1-25-16-30(5-8-35(25)47-39-46-20-33(41(43,44)45)37(49-39)53-11-3-10-40(2,57)24-53)60(58,59)50-27-17-29(18-27)52-14-12-51(13-15-52)21-26-22-54(23-26)28-4-6-31(34(42)19-28)32-7-9-36(55)48-38(32)56/h4-6,8,16,19-20,26-27,29,32,50,57H,3,7,9-15,17-18,21-24H2,1-2H3,(H,46,47,49)(H,48,55,56)/t27?,29?,32?,40-/m0/s1. The monoisotopic (exact) mass is 873 g/mol. The number of nitrogens with zero attached hydrogens (tertiary/aromatic N) is 6. The van der Waals surface area contributed by atoms with E-state index >= 15 is 0 Å². The van der Waals surface area contributed by atoms with Gasteiger partial charge in [0.15, 0.2) is 0 Å². The van der Waals surface area contributed by atoms with Crippen LogP contribution in [0.25, 0.3) is 0 Å². The van der Waals surface area contributed by atoms with E-state index in [1.165, 1.54) is 17.0 Å². The zero-order valence-electron chi connectivity index (χ0n) is 33.6. The lowest BCUT2D eigenvalue weighted by Gasteiger charge is -2.48. The molecule has 0 spiro atoms. The maximum absolute atomic E-state index is 13.9. The van der Waals surface area contributed by atoms with Crippen LogP contribution in [0.1, 0.15) is 68.1 Å². The maximum Gasteiger partial charge on any atom is 0.421 e. The summed E-state index contributed by atoms with van der Waals surface area (Å²) in [6.45, 7) is 10.2. The fraction of sp³-hybridized carbons (Fsp3) is 0.561. The summed E-state index contributed by atoms with van der Waals surface area (Å²) in [6, 6.07) is 10.5. The molecule has 5 aliphatic rings. The van der Waals surface area contributed by atoms with Crippen LogP contribution in [0.4, 0.5) is 36.3 Å². The number of rotatable bonds is 11. The number of hydrogen-bond acceptors (Lipinski definition) is 12. The molecule has 1 unspecified atom stereocenters. The van der Waals surface area contributed by atoms with Crippen LogP contribution in [0.5, 0.6) is 0 Å². The molecule has 8 rings (SSSR count). The molecule has 1 aliphatic carbocycles. The minimum Gasteiger partial charge on any atom is -0.388 e. The van der Waals surface area contributed by atoms with Gasteiger partial charge in [0.05, 0.1) is 16.4 Å². The maximum atomic E-state index is 13.9. The fourth-order valence-electron chi connectivity index (χ4n) is 9.17. The number of halogens is 4. The van der Waals surface area contributed by atoms with Crippen molar-refractivity contribution in [3.63, 3.8) is 0 Å². The van der Waals surface area contributed by atoms with Gasteiger partial charge in [-0.15, -0.1) is 0 Å². The average Bonchev–Trinajstić information content (AvgIpc) is 3.15. The van der Waals surface area contributed by atoms with Crippen LogP contribution in [0, 0.1) is 12.8 Å². The highest BCUT2D eigenvalue weighted by molar-refractivity contribution is 7.89. The van der Waals surface area contributed by atoms with Crippen molar-refractivity contribution < 1.29 is 36.3 Å². The van der Waals surface area contributed by atoms with Gasteiger partial charge in [0, 0.05) is 106 Å². The molecule has 0 bridgehead atoms. The number of aromatic nitrogens is 2. The number of carbonyl (C=O) groups is 2. The molecule has 3 aromatic rings. The zero-order valence-corrected chi connectivity index (χ0v) is 35.2. The summed E-state index contributed by atoms with van der Waals surface area (Å²) < 4.78 is 71.4. The Morgan fingerprint density at radius 1 is 1.03 bits per heavy atom. The minimum absolute atomic E-state index is 0.00265. The van der Waals surface area contributed by atoms with E-state index in [0.717, 1.165) is 76.1 Å². The van der Waals surface area contributed by atoms with Crippen LogP contribution in [-0.2, 0) is 25.8 Å². The van der Waals surface area contributed by atoms with E-state index < -0.39 is 33.3 Å². The molecule has 324 valence electrons. The quantitative estimate of drug-likeness (QED) is 0.198. The number of amides is 2. The zero-order chi connectivity index (χ0) is 42.6. The number of benzene rings is 2. The molecular weight excluding hydrogens is 823 g/mol. The van der Waals surface area contributed by atoms with Gasteiger partial charge < -0.3 is 25.1 Å². The first-order chi connectivity index (χ1) is 28.4. The summed E-state index contributed by atoms with van der Waals surface area (Å²) in [6.07, 6.45) is -0.763. The normalized spacial score (nSPS) is 26.1. The highest BCUT2D eigenvalue weighted by atomic mass is 35.5. The highest BCUT2D eigenvalue weighted by Gasteiger charge is 2.41. The number of β-amino-alcohol motifs (C(OH)–C–C–N with tert-alkyl or cyclic N) is 1. The predicted octanol–water partition coefficient (Wildman–Crippen LogP) is 4.64. The van der Waals surface area contributed by atoms with Crippen molar-refractivity contribution in [2.75, 3.05) is 74.0 Å². The van der Waals surface area contributed by atoms with Crippen molar-refractivity contribution in [1.82, 2.24) is 29.8 Å². The number of piperidine rings is 2. The Kier molecular flexibility index (Phi) is 11.8. The van der Waals surface area contributed by atoms with E-state index in [1.54, 1.807) is 19.9 Å². The highest BCUT2D eigenvalue weighted by Crippen LogP contribution is 2.39. The Hall–Kier alpha value is -4.07. The number of carbonyl (C=O) groups excluding carboxylic acids is 2. The van der Waals surface area contributed by atoms with Crippen LogP contribution in [0.3, 0.4) is 0 Å². The fourth-order valence-corrected chi connectivity index (χ4v) is 10.8. The van der Waals surface area contributed by atoms with E-state index in [9.17, 15) is 36.3 Å². The van der Waals surface area contributed by atoms with E-state index in [-0.39, 0.29) is 41.1 Å². The van der Waals surface area contributed by atoms with Gasteiger partial charge in [-0.1, -0.05) is 17.7 Å². The molecule has 5 heterocycles. The van der Waals surface area contributed by atoms with Gasteiger partial charge in [-0.05, 0) is 87.4 Å². The molecule has 19 heteroatoms. The Bertz CT molecular complexity index is 2230. The van der Waals surface area contributed by atoms with Crippen molar-refractivity contribution in [3.8, 4) is 0 Å². The number of anilines is 4. The molecule has 1 saturated carbocycles. The largest absolute Gasteiger partial charge is 0.421 e. The molecule has 4 saturated heterocycles. The first-order valence-corrected chi connectivity index (χ1v) is 22.4. The molecule has 2 aromatic carbocycles. The molecule has 2 amide bonds. The molecule has 60 heavy (non-hydrogen) atoms. The lowest BCUT2D eigenvalue weighted by molar-refractivity contribution is -0.138. The van der Waals surface area contributed by atoms with Crippen molar-refractivity contribution in [2.45, 2.75) is 87.0 Å². The number of alkyl halides is 3. The lowest BCUT2D eigenvalue weighted by Crippen LogP contribution is -2.60. The number of aryl methyl sites for hydroxylation is 1. The summed E-state index contributed by atoms with van der Waals surface area (Å²) in [5.41, 5.74) is 0.640. The van der Waals surface area contributed by atoms with Gasteiger partial charge in [0.1, 0.15) is 11.4 Å². The van der Waals surface area contributed by atoms with Crippen molar-refractivity contribution in [1.29, 1.82) is 0 Å². The first-order valence-electron chi connectivity index (χ1n) is 20.6. The van der Waals surface area contributed by atoms with Gasteiger partial charge in [0.25, 0.3) is 0 Å². The molecule has 0 radical (unpaired) electrons. The van der Waals surface area contributed by atoms with Gasteiger partial charge in [0.2, 0.25) is 27.8 Å². The van der Waals surface area contributed by atoms with E-state index in [1.807, 2.05) is 18.2 Å². The first kappa shape index (κ1) is 42.6. The van der Waals surface area contributed by atoms with Crippen molar-refractivity contribution in [2.24, 2.45) is 5.92 Å². The van der Waals surface area contributed by atoms with Gasteiger partial charge in [-0.25, -0.2) is 18.1 Å². The van der Waals surface area contributed by atoms with Gasteiger partial charge in [-0.3, -0.25) is 19.8 Å². The summed E-state index contributed by atoms with van der Waals surface area (Å²) >= 11 is 6.61. The molecule has 14 nitrogen and oxygen atoms in total. The number of aliphatic hydroxyl groups is 1. The minimum atomic E-state index is -4.69. The topological polar surface area (TPSA) is 163 Å². The van der Waals surface area contributed by atoms with Crippen LogP contribution in [0.2, 0.25) is 5.02 Å². The summed E-state index contributed by atoms with van der Waals surface area (Å²) in [5.74, 6) is -0.802. The third kappa shape index (κ3) is 9.38. The third-order valence-electron chi connectivity index (χ3n) is 12.6. The van der Waals surface area contributed by atoms with Crippen molar-refractivity contribution in [3.05, 3.63) is 64.3 Å². The second-order valence-electron chi connectivity index (χ2n) is 17.3. The molecule has 4 aliphatic heterocycles. The van der Waals surface area contributed by atoms with E-state index in [0.29, 0.717) is 60.5 Å². The number of sulfonamides is 1. The van der Waals surface area contributed by atoms with Gasteiger partial charge in [-0.2, -0.15) is 18.2 Å².